The summed E-state index contributed by atoms with van der Waals surface area (Å²) < 4.78 is 11.0. The number of hydrogen-bond donors (Lipinski definition) is 1. The van der Waals surface area contributed by atoms with Crippen LogP contribution in [0.4, 0.5) is 4.79 Å². The standard InChI is InChI=1S/C17H26N2O4/c1-22-15(20)17-6-10-4-11(7-17)14(12(5-10)8-17)23-16(21)19-3-2-13(18)9-19/h10-14H,2-9,18H2,1H3/t10?,11?,12?,13-,14?,17?/m1/s1. The summed E-state index contributed by atoms with van der Waals surface area (Å²) in [6.07, 6.45) is 5.32. The molecule has 23 heavy (non-hydrogen) atoms. The molecule has 0 aromatic carbocycles. The second-order valence-corrected chi connectivity index (χ2v) is 8.09. The molecule has 4 aliphatic carbocycles. The van der Waals surface area contributed by atoms with E-state index in [1.807, 2.05) is 0 Å². The van der Waals surface area contributed by atoms with Crippen molar-refractivity contribution >= 4 is 12.1 Å². The van der Waals surface area contributed by atoms with Gasteiger partial charge in [-0.3, -0.25) is 4.79 Å². The number of ether oxygens (including phenoxy) is 2. The van der Waals surface area contributed by atoms with Crippen LogP contribution in [0.15, 0.2) is 0 Å². The summed E-state index contributed by atoms with van der Waals surface area (Å²) in [6, 6.07) is 0.0728. The van der Waals surface area contributed by atoms with Gasteiger partial charge in [0.05, 0.1) is 12.5 Å². The van der Waals surface area contributed by atoms with Gasteiger partial charge in [0.2, 0.25) is 0 Å². The predicted octanol–water partition coefficient (Wildman–Crippen LogP) is 1.52. The van der Waals surface area contributed by atoms with E-state index in [-0.39, 0.29) is 29.6 Å². The molecule has 5 fully saturated rings. The van der Waals surface area contributed by atoms with Crippen molar-refractivity contribution in [3.8, 4) is 0 Å². The van der Waals surface area contributed by atoms with Crippen LogP contribution < -0.4 is 5.73 Å². The molecule has 1 heterocycles. The molecule has 0 spiro atoms. The molecule has 2 unspecified atom stereocenters. The first-order chi connectivity index (χ1) is 11.0. The van der Waals surface area contributed by atoms with Crippen LogP contribution in [-0.4, -0.2) is 49.3 Å². The minimum Gasteiger partial charge on any atom is -0.469 e. The van der Waals surface area contributed by atoms with Crippen molar-refractivity contribution in [2.45, 2.75) is 50.7 Å². The third-order valence-corrected chi connectivity index (χ3v) is 6.52. The molecule has 1 aliphatic heterocycles. The van der Waals surface area contributed by atoms with Crippen LogP contribution in [0.1, 0.15) is 38.5 Å². The van der Waals surface area contributed by atoms with E-state index in [1.54, 1.807) is 4.90 Å². The molecule has 128 valence electrons. The zero-order valence-electron chi connectivity index (χ0n) is 13.7. The zero-order valence-corrected chi connectivity index (χ0v) is 13.7. The number of amides is 1. The second-order valence-electron chi connectivity index (χ2n) is 8.09. The summed E-state index contributed by atoms with van der Waals surface area (Å²) in [5, 5.41) is 0. The molecule has 0 aromatic heterocycles. The Hall–Kier alpha value is -1.30. The number of carbonyl (C=O) groups excluding carboxylic acids is 2. The van der Waals surface area contributed by atoms with E-state index in [2.05, 4.69) is 0 Å². The van der Waals surface area contributed by atoms with E-state index in [0.29, 0.717) is 30.8 Å². The number of likely N-dealkylation sites (tertiary alicyclic amines) is 1. The molecule has 5 rings (SSSR count). The van der Waals surface area contributed by atoms with Gasteiger partial charge in [-0.05, 0) is 56.3 Å². The number of esters is 1. The molecule has 0 radical (unpaired) electrons. The van der Waals surface area contributed by atoms with Gasteiger partial charge < -0.3 is 20.1 Å². The van der Waals surface area contributed by atoms with Crippen LogP contribution in [0.3, 0.4) is 0 Å². The quantitative estimate of drug-likeness (QED) is 0.780. The Balaban J connectivity index is 1.46. The Bertz CT molecular complexity index is 507. The molecule has 0 aromatic rings. The van der Waals surface area contributed by atoms with Crippen molar-refractivity contribution in [1.82, 2.24) is 4.90 Å². The third kappa shape index (κ3) is 2.42. The minimum absolute atomic E-state index is 0.0337. The van der Waals surface area contributed by atoms with Gasteiger partial charge in [-0.15, -0.1) is 0 Å². The minimum atomic E-state index is -0.315. The Kier molecular flexibility index (Phi) is 3.55. The molecule has 3 atom stereocenters. The van der Waals surface area contributed by atoms with Gasteiger partial charge in [-0.25, -0.2) is 4.79 Å². The van der Waals surface area contributed by atoms with Crippen molar-refractivity contribution in [2.75, 3.05) is 20.2 Å². The number of carbonyl (C=O) groups is 2. The van der Waals surface area contributed by atoms with Crippen LogP contribution in [-0.2, 0) is 14.3 Å². The summed E-state index contributed by atoms with van der Waals surface area (Å²) in [4.78, 5) is 26.4. The highest BCUT2D eigenvalue weighted by Gasteiger charge is 2.60. The average molecular weight is 322 g/mol. The number of rotatable bonds is 2. The van der Waals surface area contributed by atoms with E-state index in [1.165, 1.54) is 7.11 Å². The fourth-order valence-corrected chi connectivity index (χ4v) is 5.78. The Morgan fingerprint density at radius 2 is 1.87 bits per heavy atom. The largest absolute Gasteiger partial charge is 0.469 e. The summed E-state index contributed by atoms with van der Waals surface area (Å²) in [7, 11) is 1.48. The van der Waals surface area contributed by atoms with Gasteiger partial charge in [-0.1, -0.05) is 0 Å². The molecule has 4 bridgehead atoms. The van der Waals surface area contributed by atoms with E-state index >= 15 is 0 Å². The molecule has 6 nitrogen and oxygen atoms in total. The Morgan fingerprint density at radius 1 is 1.17 bits per heavy atom. The van der Waals surface area contributed by atoms with Crippen molar-refractivity contribution in [2.24, 2.45) is 28.9 Å². The van der Waals surface area contributed by atoms with Crippen molar-refractivity contribution in [1.29, 1.82) is 0 Å². The fraction of sp³-hybridized carbons (Fsp3) is 0.882. The maximum absolute atomic E-state index is 12.4. The van der Waals surface area contributed by atoms with Crippen LogP contribution in [0, 0.1) is 23.2 Å². The van der Waals surface area contributed by atoms with Gasteiger partial charge in [0.25, 0.3) is 0 Å². The second kappa shape index (κ2) is 5.36. The molecule has 1 amide bonds. The normalized spacial score (nSPS) is 44.4. The number of hydrogen-bond acceptors (Lipinski definition) is 5. The number of nitrogens with two attached hydrogens (primary N) is 1. The first kappa shape index (κ1) is 15.2. The summed E-state index contributed by atoms with van der Waals surface area (Å²) >= 11 is 0. The Labute approximate surface area is 136 Å². The van der Waals surface area contributed by atoms with E-state index in [0.717, 1.165) is 38.5 Å². The summed E-state index contributed by atoms with van der Waals surface area (Å²) in [6.45, 7) is 1.28. The number of nitrogens with zero attached hydrogens (tertiary/aromatic N) is 1. The first-order valence-corrected chi connectivity index (χ1v) is 8.80. The molecule has 2 N–H and O–H groups in total. The van der Waals surface area contributed by atoms with Crippen LogP contribution >= 0.6 is 0 Å². The van der Waals surface area contributed by atoms with Crippen LogP contribution in [0.25, 0.3) is 0 Å². The Morgan fingerprint density at radius 3 is 2.43 bits per heavy atom. The summed E-state index contributed by atoms with van der Waals surface area (Å²) in [5.41, 5.74) is 5.56. The number of methoxy groups -OCH3 is 1. The highest BCUT2D eigenvalue weighted by Crippen LogP contribution is 2.61. The van der Waals surface area contributed by atoms with Gasteiger partial charge in [-0.2, -0.15) is 0 Å². The zero-order chi connectivity index (χ0) is 16.2. The lowest BCUT2D eigenvalue weighted by atomic mass is 9.48. The first-order valence-electron chi connectivity index (χ1n) is 8.80. The molecular formula is C17H26N2O4. The maximum atomic E-state index is 12.4. The molecule has 6 heteroatoms. The maximum Gasteiger partial charge on any atom is 0.410 e. The SMILES string of the molecule is COC(=O)C12CC3CC(C1)C(OC(=O)N1CC[C@@H](N)C1)C(C3)C2. The molecule has 1 saturated heterocycles. The van der Waals surface area contributed by atoms with Gasteiger partial charge in [0.1, 0.15) is 6.10 Å². The van der Waals surface area contributed by atoms with E-state index in [4.69, 9.17) is 15.2 Å². The van der Waals surface area contributed by atoms with Crippen molar-refractivity contribution in [3.63, 3.8) is 0 Å². The van der Waals surface area contributed by atoms with Crippen LogP contribution in [0.5, 0.6) is 0 Å². The monoisotopic (exact) mass is 322 g/mol. The highest BCUT2D eigenvalue weighted by atomic mass is 16.6. The smallest absolute Gasteiger partial charge is 0.410 e. The van der Waals surface area contributed by atoms with Gasteiger partial charge >= 0.3 is 12.1 Å². The molecule has 5 aliphatic rings. The topological polar surface area (TPSA) is 81.9 Å². The van der Waals surface area contributed by atoms with Gasteiger partial charge in [0.15, 0.2) is 0 Å². The van der Waals surface area contributed by atoms with E-state index < -0.39 is 0 Å². The summed E-state index contributed by atoms with van der Waals surface area (Å²) in [5.74, 6) is 1.13. The predicted molar refractivity (Wildman–Crippen MR) is 82.4 cm³/mol. The fourth-order valence-electron chi connectivity index (χ4n) is 5.78. The van der Waals surface area contributed by atoms with Crippen LogP contribution in [0.2, 0.25) is 0 Å². The molecular weight excluding hydrogens is 296 g/mol. The lowest BCUT2D eigenvalue weighted by Gasteiger charge is -2.57. The average Bonchev–Trinajstić information content (AvgIpc) is 2.96. The lowest BCUT2D eigenvalue weighted by molar-refractivity contribution is -0.182. The lowest BCUT2D eigenvalue weighted by Crippen LogP contribution is -2.58. The van der Waals surface area contributed by atoms with Crippen molar-refractivity contribution in [3.05, 3.63) is 0 Å². The molecule has 4 saturated carbocycles. The van der Waals surface area contributed by atoms with Gasteiger partial charge in [0, 0.05) is 19.1 Å². The van der Waals surface area contributed by atoms with E-state index in [9.17, 15) is 9.59 Å². The highest BCUT2D eigenvalue weighted by molar-refractivity contribution is 5.77. The third-order valence-electron chi connectivity index (χ3n) is 6.52. The van der Waals surface area contributed by atoms with Crippen molar-refractivity contribution < 1.29 is 19.1 Å².